The van der Waals surface area contributed by atoms with Crippen LogP contribution in [-0.4, -0.2) is 35.9 Å². The zero-order chi connectivity index (χ0) is 6.95. The number of allylic oxidation sites excluding steroid dienone is 1. The van der Waals surface area contributed by atoms with Crippen molar-refractivity contribution in [1.29, 1.82) is 0 Å². The van der Waals surface area contributed by atoms with E-state index in [0.29, 0.717) is 0 Å². The number of hydrogen-bond donors (Lipinski definition) is 0. The van der Waals surface area contributed by atoms with Gasteiger partial charge in [-0.2, -0.15) is 11.8 Å². The Morgan fingerprint density at radius 3 is 1.69 bits per heavy atom. The fraction of sp³-hybridized carbons (Fsp3) is 0.750. The molecule has 0 aromatic carbocycles. The summed E-state index contributed by atoms with van der Waals surface area (Å²) in [6.45, 7) is 4.30. The number of thioether (sulfide) groups is 1. The molecule has 0 fully saturated rings. The molecule has 0 rings (SSSR count). The van der Waals surface area contributed by atoms with E-state index in [-0.39, 0.29) is 52.7 Å². The fourth-order valence-electron chi connectivity index (χ4n) is 0.494. The van der Waals surface area contributed by atoms with Gasteiger partial charge in [-0.1, -0.05) is 25.5 Å². The van der Waals surface area contributed by atoms with Crippen LogP contribution in [0.5, 0.6) is 0 Å². The molecule has 0 aliphatic rings. The van der Waals surface area contributed by atoms with Crippen molar-refractivity contribution in [3.8, 4) is 0 Å². The van der Waals surface area contributed by atoms with E-state index in [1.54, 1.807) is 0 Å². The first-order chi connectivity index (χ1) is 4.41. The van der Waals surface area contributed by atoms with Gasteiger partial charge in [-0.25, -0.2) is 0 Å². The fourth-order valence-corrected chi connectivity index (χ4v) is 1.48. The third-order valence-corrected chi connectivity index (χ3v) is 2.10. The van der Waals surface area contributed by atoms with Crippen molar-refractivity contribution in [1.82, 2.24) is 0 Å². The number of rotatable bonds is 5. The zero-order valence-electron chi connectivity index (χ0n) is 9.55. The molecule has 0 heterocycles. The minimum atomic E-state index is 0. The first-order valence-electron chi connectivity index (χ1n) is 3.60. The van der Waals surface area contributed by atoms with Crippen LogP contribution < -0.4 is 0 Å². The van der Waals surface area contributed by atoms with Gasteiger partial charge in [0.25, 0.3) is 0 Å². The van der Waals surface area contributed by atoms with Crippen LogP contribution in [0.3, 0.4) is 0 Å². The third-order valence-electron chi connectivity index (χ3n) is 1.09. The standard InChI is InChI=1S/C8H16S.6FH.Sb.3H/c1-3-5-7-9-8-6-4-2;;;;;;;;;;/h3,5H,4,6-8H2,1-2H3;6*1H;;;;. The van der Waals surface area contributed by atoms with Gasteiger partial charge >= 0.3 is 24.4 Å². The summed E-state index contributed by atoms with van der Waals surface area (Å²) in [5, 5.41) is 0. The Labute approximate surface area is 115 Å². The van der Waals surface area contributed by atoms with E-state index >= 15 is 0 Å². The predicted octanol–water partition coefficient (Wildman–Crippen LogP) is 2.83. The van der Waals surface area contributed by atoms with Crippen molar-refractivity contribution in [3.63, 3.8) is 0 Å². The maximum absolute atomic E-state index is 2.23. The monoisotopic (exact) mass is 388 g/mol. The van der Waals surface area contributed by atoms with Crippen LogP contribution in [0, 0.1) is 0 Å². The van der Waals surface area contributed by atoms with E-state index < -0.39 is 0 Å². The molecule has 0 unspecified atom stereocenters. The van der Waals surface area contributed by atoms with Crippen LogP contribution in [0.25, 0.3) is 0 Å². The molecule has 0 N–H and O–H groups in total. The van der Waals surface area contributed by atoms with Crippen molar-refractivity contribution >= 4 is 36.2 Å². The first kappa shape index (κ1) is 54.9. The molecule has 0 aliphatic heterocycles. The quantitative estimate of drug-likeness (QED) is 0.302. The summed E-state index contributed by atoms with van der Waals surface area (Å²) < 4.78 is 0. The Balaban J connectivity index is -0.0000000152. The summed E-state index contributed by atoms with van der Waals surface area (Å²) in [5.74, 6) is 2.51. The molecule has 0 spiro atoms. The molecule has 16 heavy (non-hydrogen) atoms. The Morgan fingerprint density at radius 2 is 1.38 bits per heavy atom. The van der Waals surface area contributed by atoms with Gasteiger partial charge < -0.3 is 0 Å². The van der Waals surface area contributed by atoms with Crippen LogP contribution in [-0.2, 0) is 0 Å². The number of hydrogen-bond acceptors (Lipinski definition) is 1. The van der Waals surface area contributed by atoms with Gasteiger partial charge in [0.2, 0.25) is 0 Å². The molecule has 0 atom stereocenters. The Bertz CT molecular complexity index is 86.9. The normalized spacial score (nSPS) is 6.12. The number of halogens is 6. The molecule has 0 aromatic heterocycles. The van der Waals surface area contributed by atoms with Gasteiger partial charge in [0.15, 0.2) is 0 Å². The van der Waals surface area contributed by atoms with E-state index in [0.717, 1.165) is 0 Å². The van der Waals surface area contributed by atoms with Crippen molar-refractivity contribution in [3.05, 3.63) is 12.2 Å². The second-order valence-electron chi connectivity index (χ2n) is 2.00. The molecular formula is C8H25F6SSb. The molecular weight excluding hydrogens is 364 g/mol. The summed E-state index contributed by atoms with van der Waals surface area (Å²) in [6.07, 6.45) is 7.00. The maximum atomic E-state index is 2.23. The molecule has 110 valence electrons. The number of unbranched alkanes of at least 4 members (excludes halogenated alkanes) is 1. The summed E-state index contributed by atoms with van der Waals surface area (Å²) in [5.41, 5.74) is 0. The van der Waals surface area contributed by atoms with Gasteiger partial charge in [-0.05, 0) is 19.1 Å². The van der Waals surface area contributed by atoms with E-state index in [4.69, 9.17) is 0 Å². The van der Waals surface area contributed by atoms with E-state index in [9.17, 15) is 0 Å². The Hall–Kier alpha value is 0.488. The van der Waals surface area contributed by atoms with Gasteiger partial charge in [-0.15, -0.1) is 0 Å². The Kier molecular flexibility index (Phi) is 199. The van der Waals surface area contributed by atoms with Crippen LogP contribution >= 0.6 is 11.8 Å². The summed E-state index contributed by atoms with van der Waals surface area (Å²) in [4.78, 5) is 0. The minimum absolute atomic E-state index is 0. The second-order valence-corrected chi connectivity index (χ2v) is 3.15. The van der Waals surface area contributed by atoms with Gasteiger partial charge in [0.1, 0.15) is 0 Å². The summed E-state index contributed by atoms with van der Waals surface area (Å²) in [7, 11) is 0. The second kappa shape index (κ2) is 58.0. The molecule has 0 aromatic rings. The van der Waals surface area contributed by atoms with Crippen LogP contribution in [0.2, 0.25) is 0 Å². The van der Waals surface area contributed by atoms with E-state index in [1.165, 1.54) is 24.3 Å². The van der Waals surface area contributed by atoms with E-state index in [1.807, 2.05) is 11.8 Å². The molecule has 0 bridgehead atoms. The molecule has 0 radical (unpaired) electrons. The SMILES string of the molecule is CC=CCSCCCC.F.F.F.F.F.F.[SbH3]. The van der Waals surface area contributed by atoms with Crippen molar-refractivity contribution in [2.75, 3.05) is 11.5 Å². The van der Waals surface area contributed by atoms with Gasteiger partial charge in [-0.3, -0.25) is 28.2 Å². The average molecular weight is 389 g/mol. The summed E-state index contributed by atoms with van der Waals surface area (Å²) >= 11 is 2.02. The first-order valence-corrected chi connectivity index (χ1v) is 4.76. The summed E-state index contributed by atoms with van der Waals surface area (Å²) in [6, 6.07) is 0. The van der Waals surface area contributed by atoms with Crippen molar-refractivity contribution in [2.24, 2.45) is 0 Å². The van der Waals surface area contributed by atoms with Gasteiger partial charge in [0, 0.05) is 5.75 Å². The molecule has 0 aliphatic carbocycles. The van der Waals surface area contributed by atoms with Crippen LogP contribution in [0.4, 0.5) is 28.2 Å². The van der Waals surface area contributed by atoms with Crippen molar-refractivity contribution < 1.29 is 28.2 Å². The zero-order valence-corrected chi connectivity index (χ0v) is 14.4. The molecule has 0 saturated heterocycles. The van der Waals surface area contributed by atoms with Crippen LogP contribution in [0.1, 0.15) is 26.7 Å². The van der Waals surface area contributed by atoms with Crippen molar-refractivity contribution in [2.45, 2.75) is 26.7 Å². The van der Waals surface area contributed by atoms with Gasteiger partial charge in [0.05, 0.1) is 0 Å². The molecule has 0 saturated carbocycles. The molecule has 8 heteroatoms. The molecule has 0 nitrogen and oxygen atoms in total. The topological polar surface area (TPSA) is 0 Å². The third kappa shape index (κ3) is 62.6. The van der Waals surface area contributed by atoms with E-state index in [2.05, 4.69) is 26.0 Å². The Morgan fingerprint density at radius 1 is 0.938 bits per heavy atom. The van der Waals surface area contributed by atoms with Crippen LogP contribution in [0.15, 0.2) is 12.2 Å². The molecule has 0 amide bonds. The predicted molar refractivity (Wildman–Crippen MR) is 72.0 cm³/mol. The average Bonchev–Trinajstić information content (AvgIpc) is 1.89.